The normalized spacial score (nSPS) is 11.4. The second-order valence-electron chi connectivity index (χ2n) is 11.9. The van der Waals surface area contributed by atoms with E-state index in [-0.39, 0.29) is 0 Å². The maximum atomic E-state index is 5.07. The summed E-state index contributed by atoms with van der Waals surface area (Å²) in [5.41, 5.74) is 13.2. The molecule has 9 aromatic rings. The molecule has 0 bridgehead atoms. The average molecular weight is 600 g/mol. The maximum Gasteiger partial charge on any atom is 0.160 e. The van der Waals surface area contributed by atoms with Crippen LogP contribution in [-0.4, -0.2) is 14.5 Å². The van der Waals surface area contributed by atoms with Crippen molar-refractivity contribution in [3.63, 3.8) is 0 Å². The predicted octanol–water partition coefficient (Wildman–Crippen LogP) is 11.4. The molecule has 6 aromatic carbocycles. The lowest BCUT2D eigenvalue weighted by Crippen LogP contribution is -1.97. The Morgan fingerprint density at radius 1 is 0.404 bits per heavy atom. The molecule has 9 rings (SSSR count). The molecule has 220 valence electrons. The van der Waals surface area contributed by atoms with Crippen molar-refractivity contribution >= 4 is 32.8 Å². The van der Waals surface area contributed by atoms with E-state index < -0.39 is 0 Å². The van der Waals surface area contributed by atoms with Gasteiger partial charge in [0.05, 0.1) is 16.7 Å². The molecule has 47 heavy (non-hydrogen) atoms. The van der Waals surface area contributed by atoms with Crippen molar-refractivity contribution in [3.05, 3.63) is 176 Å². The summed E-state index contributed by atoms with van der Waals surface area (Å²) in [5.74, 6) is 0. The molecule has 0 aliphatic rings. The van der Waals surface area contributed by atoms with Crippen LogP contribution in [0.25, 0.3) is 83.2 Å². The van der Waals surface area contributed by atoms with Crippen LogP contribution in [0.1, 0.15) is 0 Å². The monoisotopic (exact) mass is 599 g/mol. The zero-order valence-electron chi connectivity index (χ0n) is 25.6. The zero-order chi connectivity index (χ0) is 31.2. The highest BCUT2D eigenvalue weighted by Gasteiger charge is 2.19. The maximum absolute atomic E-state index is 5.07. The van der Waals surface area contributed by atoms with Crippen molar-refractivity contribution in [3.8, 4) is 50.3 Å². The van der Waals surface area contributed by atoms with Crippen LogP contribution in [0.15, 0.2) is 176 Å². The fourth-order valence-corrected chi connectivity index (χ4v) is 6.87. The van der Waals surface area contributed by atoms with E-state index >= 15 is 0 Å². The van der Waals surface area contributed by atoms with E-state index in [1.54, 1.807) is 0 Å². The van der Waals surface area contributed by atoms with Crippen LogP contribution >= 0.6 is 0 Å². The Kier molecular flexibility index (Phi) is 6.46. The van der Waals surface area contributed by atoms with Crippen LogP contribution in [0.2, 0.25) is 0 Å². The second-order valence-corrected chi connectivity index (χ2v) is 11.9. The van der Waals surface area contributed by atoms with Gasteiger partial charge in [-0.3, -0.25) is 0 Å². The lowest BCUT2D eigenvalue weighted by molar-refractivity contribution is 1.18. The number of pyridine rings is 2. The molecule has 0 fully saturated rings. The topological polar surface area (TPSA) is 30.7 Å². The first kappa shape index (κ1) is 27.0. The molecular formula is C44H29N3. The van der Waals surface area contributed by atoms with Crippen LogP contribution in [-0.2, 0) is 0 Å². The fraction of sp³-hybridized carbons (Fsp3) is 0. The van der Waals surface area contributed by atoms with E-state index in [2.05, 4.69) is 167 Å². The number of rotatable bonds is 5. The van der Waals surface area contributed by atoms with Gasteiger partial charge in [-0.1, -0.05) is 121 Å². The van der Waals surface area contributed by atoms with Crippen LogP contribution in [0.5, 0.6) is 0 Å². The van der Waals surface area contributed by atoms with E-state index in [4.69, 9.17) is 4.98 Å². The Hall–Kier alpha value is -6.32. The summed E-state index contributed by atoms with van der Waals surface area (Å²) in [7, 11) is 0. The molecule has 3 heterocycles. The van der Waals surface area contributed by atoms with E-state index in [1.165, 1.54) is 44.1 Å². The Labute approximate surface area is 273 Å². The third-order valence-electron chi connectivity index (χ3n) is 9.03. The lowest BCUT2D eigenvalue weighted by Gasteiger charge is -2.15. The Morgan fingerprint density at radius 2 is 1.04 bits per heavy atom. The molecule has 0 atom stereocenters. The summed E-state index contributed by atoms with van der Waals surface area (Å²) >= 11 is 0. The molecule has 3 nitrogen and oxygen atoms in total. The first-order chi connectivity index (χ1) is 23.3. The summed E-state index contributed by atoms with van der Waals surface area (Å²) in [5, 5.41) is 3.50. The lowest BCUT2D eigenvalue weighted by atomic mass is 9.95. The molecule has 0 saturated carbocycles. The molecule has 3 heteroatoms. The van der Waals surface area contributed by atoms with Gasteiger partial charge in [0.25, 0.3) is 0 Å². The number of hydrogen-bond acceptors (Lipinski definition) is 2. The minimum Gasteiger partial charge on any atom is -0.309 e. The predicted molar refractivity (Wildman–Crippen MR) is 196 cm³/mol. The van der Waals surface area contributed by atoms with Crippen molar-refractivity contribution < 1.29 is 0 Å². The number of fused-ring (bicyclic) bond motifs is 4. The van der Waals surface area contributed by atoms with Crippen molar-refractivity contribution in [1.82, 2.24) is 14.5 Å². The summed E-state index contributed by atoms with van der Waals surface area (Å²) in [6.07, 6.45) is 1.82. The standard InChI is InChI=1S/C44H29N3/c1-4-14-30(15-5-1)34-27-39(32-18-8-3-9-19-32)43-40(28-34)36-22-10-11-24-42(36)47(43)35-21-12-20-33(26-35)41-29-38(31-16-6-2-7-17-31)37-23-13-25-45-44(37)46-41/h1-29H. The van der Waals surface area contributed by atoms with Crippen molar-refractivity contribution in [2.45, 2.75) is 0 Å². The number of hydrogen-bond donors (Lipinski definition) is 0. The van der Waals surface area contributed by atoms with Crippen LogP contribution in [0, 0.1) is 0 Å². The van der Waals surface area contributed by atoms with Gasteiger partial charge in [0.1, 0.15) is 0 Å². The van der Waals surface area contributed by atoms with Gasteiger partial charge in [0.2, 0.25) is 0 Å². The van der Waals surface area contributed by atoms with Gasteiger partial charge >= 0.3 is 0 Å². The number of aromatic nitrogens is 3. The Morgan fingerprint density at radius 3 is 1.81 bits per heavy atom. The van der Waals surface area contributed by atoms with E-state index in [1.807, 2.05) is 18.3 Å². The van der Waals surface area contributed by atoms with Gasteiger partial charge in [0.15, 0.2) is 5.65 Å². The first-order valence-corrected chi connectivity index (χ1v) is 15.9. The molecule has 0 saturated heterocycles. The highest BCUT2D eigenvalue weighted by Crippen LogP contribution is 2.42. The molecular weight excluding hydrogens is 571 g/mol. The molecule has 0 amide bonds. The fourth-order valence-electron chi connectivity index (χ4n) is 6.87. The number of nitrogens with zero attached hydrogens (tertiary/aromatic N) is 3. The molecule has 0 aliphatic heterocycles. The van der Waals surface area contributed by atoms with Crippen LogP contribution < -0.4 is 0 Å². The summed E-state index contributed by atoms with van der Waals surface area (Å²) in [6, 6.07) is 60.3. The van der Waals surface area contributed by atoms with Gasteiger partial charge in [-0.15, -0.1) is 0 Å². The molecule has 0 unspecified atom stereocenters. The van der Waals surface area contributed by atoms with Gasteiger partial charge in [-0.25, -0.2) is 9.97 Å². The third-order valence-corrected chi connectivity index (χ3v) is 9.03. The molecule has 0 radical (unpaired) electrons. The van der Waals surface area contributed by atoms with Gasteiger partial charge in [0, 0.05) is 39.2 Å². The zero-order valence-corrected chi connectivity index (χ0v) is 25.6. The molecule has 3 aromatic heterocycles. The third kappa shape index (κ3) is 4.68. The average Bonchev–Trinajstić information content (AvgIpc) is 3.49. The summed E-state index contributed by atoms with van der Waals surface area (Å²) in [4.78, 5) is 9.74. The van der Waals surface area contributed by atoms with E-state index in [0.29, 0.717) is 0 Å². The molecule has 0 spiro atoms. The molecule has 0 aliphatic carbocycles. The Bertz CT molecular complexity index is 2550. The van der Waals surface area contributed by atoms with Gasteiger partial charge < -0.3 is 4.57 Å². The highest BCUT2D eigenvalue weighted by molar-refractivity contribution is 6.15. The highest BCUT2D eigenvalue weighted by atomic mass is 15.0. The van der Waals surface area contributed by atoms with Crippen molar-refractivity contribution in [1.29, 1.82) is 0 Å². The largest absolute Gasteiger partial charge is 0.309 e. The summed E-state index contributed by atoms with van der Waals surface area (Å²) < 4.78 is 2.42. The van der Waals surface area contributed by atoms with Crippen molar-refractivity contribution in [2.75, 3.05) is 0 Å². The smallest absolute Gasteiger partial charge is 0.160 e. The van der Waals surface area contributed by atoms with Crippen molar-refractivity contribution in [2.24, 2.45) is 0 Å². The van der Waals surface area contributed by atoms with Gasteiger partial charge in [-0.2, -0.15) is 0 Å². The number of para-hydroxylation sites is 1. The van der Waals surface area contributed by atoms with E-state index in [9.17, 15) is 0 Å². The quantitative estimate of drug-likeness (QED) is 0.197. The first-order valence-electron chi connectivity index (χ1n) is 15.9. The van der Waals surface area contributed by atoms with Crippen LogP contribution in [0.4, 0.5) is 0 Å². The second kappa shape index (κ2) is 11.2. The van der Waals surface area contributed by atoms with E-state index in [0.717, 1.165) is 39.1 Å². The SMILES string of the molecule is c1ccc(-c2cc(-c3ccccc3)c3c(c2)c2ccccc2n3-c2cccc(-c3cc(-c4ccccc4)c4cccnc4n3)c2)cc1. The molecule has 0 N–H and O–H groups in total. The number of benzene rings is 6. The summed E-state index contributed by atoms with van der Waals surface area (Å²) in [6.45, 7) is 0. The van der Waals surface area contributed by atoms with Crippen LogP contribution in [0.3, 0.4) is 0 Å². The van der Waals surface area contributed by atoms with Gasteiger partial charge in [-0.05, 0) is 76.3 Å². The Balaban J connectivity index is 1.31. The minimum absolute atomic E-state index is 0.742. The minimum atomic E-state index is 0.742.